The number of carbonyl (C=O) groups is 2. The minimum Gasteiger partial charge on any atom is -0.497 e. The molecule has 0 aliphatic carbocycles. The Morgan fingerprint density at radius 2 is 1.51 bits per heavy atom. The summed E-state index contributed by atoms with van der Waals surface area (Å²) in [6.07, 6.45) is 1.07. The van der Waals surface area contributed by atoms with Crippen LogP contribution in [0.2, 0.25) is 0 Å². The first kappa shape index (κ1) is 28.2. The van der Waals surface area contributed by atoms with Crippen molar-refractivity contribution >= 4 is 27.5 Å². The van der Waals surface area contributed by atoms with E-state index in [0.29, 0.717) is 11.4 Å². The van der Waals surface area contributed by atoms with Crippen molar-refractivity contribution in [1.29, 1.82) is 0 Å². The number of rotatable bonds is 11. The quantitative estimate of drug-likeness (QED) is 0.506. The molecule has 0 aromatic heterocycles. The van der Waals surface area contributed by atoms with E-state index in [2.05, 4.69) is 5.32 Å². The molecular formula is C26H37N3O5S. The van der Waals surface area contributed by atoms with Gasteiger partial charge in [-0.05, 0) is 62.1 Å². The van der Waals surface area contributed by atoms with Crippen LogP contribution in [0.15, 0.2) is 48.5 Å². The molecule has 9 heteroatoms. The van der Waals surface area contributed by atoms with Crippen molar-refractivity contribution in [3.63, 3.8) is 0 Å². The summed E-state index contributed by atoms with van der Waals surface area (Å²) in [5, 5.41) is 2.83. The summed E-state index contributed by atoms with van der Waals surface area (Å²) >= 11 is 0. The Kier molecular flexibility index (Phi) is 9.71. The molecule has 35 heavy (non-hydrogen) atoms. The smallest absolute Gasteiger partial charge is 0.244 e. The average Bonchev–Trinajstić information content (AvgIpc) is 2.79. The van der Waals surface area contributed by atoms with Crippen LogP contribution in [0.4, 0.5) is 5.69 Å². The second-order valence-corrected chi connectivity index (χ2v) is 11.1. The van der Waals surface area contributed by atoms with Crippen LogP contribution in [0.3, 0.4) is 0 Å². The van der Waals surface area contributed by atoms with E-state index in [1.165, 1.54) is 4.90 Å². The lowest BCUT2D eigenvalue weighted by molar-refractivity contribution is -0.139. The van der Waals surface area contributed by atoms with E-state index in [-0.39, 0.29) is 24.4 Å². The van der Waals surface area contributed by atoms with Crippen LogP contribution in [-0.4, -0.2) is 57.1 Å². The van der Waals surface area contributed by atoms with Gasteiger partial charge in [-0.2, -0.15) is 0 Å². The fourth-order valence-electron chi connectivity index (χ4n) is 3.55. The van der Waals surface area contributed by atoms with Gasteiger partial charge in [0, 0.05) is 12.6 Å². The molecule has 0 heterocycles. The molecule has 0 fully saturated rings. The van der Waals surface area contributed by atoms with Gasteiger partial charge in [0.25, 0.3) is 0 Å². The molecule has 0 aliphatic rings. The Morgan fingerprint density at radius 1 is 0.943 bits per heavy atom. The third-order valence-electron chi connectivity index (χ3n) is 5.64. The van der Waals surface area contributed by atoms with Crippen molar-refractivity contribution in [3.05, 3.63) is 59.7 Å². The summed E-state index contributed by atoms with van der Waals surface area (Å²) in [6.45, 7) is 9.13. The molecular weight excluding hydrogens is 466 g/mol. The predicted octanol–water partition coefficient (Wildman–Crippen LogP) is 3.53. The van der Waals surface area contributed by atoms with Crippen molar-refractivity contribution in [3.8, 4) is 5.75 Å². The van der Waals surface area contributed by atoms with E-state index < -0.39 is 28.5 Å². The van der Waals surface area contributed by atoms with E-state index in [1.54, 1.807) is 38.3 Å². The van der Waals surface area contributed by atoms with Crippen molar-refractivity contribution in [2.45, 2.75) is 59.2 Å². The standard InChI is InChI=1S/C26H37N3O5S/c1-18(2)22-10-12-23(13-11-22)29(35(7,32)33)17-25(30)28(20(5)26(31)27-19(3)4)16-21-8-14-24(34-6)15-9-21/h8-15,18-20H,16-17H2,1-7H3,(H,27,31). The van der Waals surface area contributed by atoms with Crippen LogP contribution in [0, 0.1) is 0 Å². The predicted molar refractivity (Wildman–Crippen MR) is 139 cm³/mol. The minimum absolute atomic E-state index is 0.102. The first-order valence-corrected chi connectivity index (χ1v) is 13.5. The van der Waals surface area contributed by atoms with Crippen molar-refractivity contribution < 1.29 is 22.7 Å². The number of methoxy groups -OCH3 is 1. The average molecular weight is 504 g/mol. The number of nitrogens with one attached hydrogen (secondary N) is 1. The molecule has 1 unspecified atom stereocenters. The van der Waals surface area contributed by atoms with Crippen LogP contribution in [0.25, 0.3) is 0 Å². The van der Waals surface area contributed by atoms with Crippen molar-refractivity contribution in [2.75, 3.05) is 24.2 Å². The van der Waals surface area contributed by atoms with Gasteiger partial charge in [0.05, 0.1) is 19.1 Å². The lowest BCUT2D eigenvalue weighted by Crippen LogP contribution is -2.52. The van der Waals surface area contributed by atoms with Crippen molar-refractivity contribution in [2.24, 2.45) is 0 Å². The molecule has 1 atom stereocenters. The normalized spacial score (nSPS) is 12.4. The molecule has 1 N–H and O–H groups in total. The Morgan fingerprint density at radius 3 is 1.97 bits per heavy atom. The zero-order valence-corrected chi connectivity index (χ0v) is 22.4. The molecule has 0 aliphatic heterocycles. The van der Waals surface area contributed by atoms with Crippen LogP contribution >= 0.6 is 0 Å². The lowest BCUT2D eigenvalue weighted by atomic mass is 10.0. The monoisotopic (exact) mass is 503 g/mol. The number of amides is 2. The summed E-state index contributed by atoms with van der Waals surface area (Å²) < 4.78 is 31.6. The maximum Gasteiger partial charge on any atom is 0.244 e. The first-order chi connectivity index (χ1) is 16.3. The number of carbonyl (C=O) groups excluding carboxylic acids is 2. The van der Waals surface area contributed by atoms with Gasteiger partial charge in [-0.3, -0.25) is 13.9 Å². The zero-order valence-electron chi connectivity index (χ0n) is 21.6. The van der Waals surface area contributed by atoms with E-state index in [1.807, 2.05) is 52.0 Å². The Bertz CT molecular complexity index is 1100. The molecule has 2 aromatic carbocycles. The molecule has 0 saturated heterocycles. The SMILES string of the molecule is COc1ccc(CN(C(=O)CN(c2ccc(C(C)C)cc2)S(C)(=O)=O)C(C)C(=O)NC(C)C)cc1. The second-order valence-electron chi connectivity index (χ2n) is 9.22. The number of anilines is 1. The molecule has 192 valence electrons. The molecule has 0 spiro atoms. The summed E-state index contributed by atoms with van der Waals surface area (Å²) in [6, 6.07) is 13.4. The van der Waals surface area contributed by atoms with E-state index >= 15 is 0 Å². The topological polar surface area (TPSA) is 96.0 Å². The van der Waals surface area contributed by atoms with E-state index in [9.17, 15) is 18.0 Å². The Labute approximate surface area is 209 Å². The molecule has 2 amide bonds. The number of nitrogens with zero attached hydrogens (tertiary/aromatic N) is 2. The molecule has 8 nitrogen and oxygen atoms in total. The maximum atomic E-state index is 13.5. The summed E-state index contributed by atoms with van der Waals surface area (Å²) in [7, 11) is -2.19. The zero-order chi connectivity index (χ0) is 26.3. The van der Waals surface area contributed by atoms with Gasteiger partial charge in [-0.1, -0.05) is 38.1 Å². The number of hydrogen-bond acceptors (Lipinski definition) is 5. The summed E-state index contributed by atoms with van der Waals surface area (Å²) in [5.41, 5.74) is 2.25. The van der Waals surface area contributed by atoms with Gasteiger partial charge in [0.15, 0.2) is 0 Å². The highest BCUT2D eigenvalue weighted by atomic mass is 32.2. The molecule has 2 aromatic rings. The van der Waals surface area contributed by atoms with Gasteiger partial charge in [0.1, 0.15) is 18.3 Å². The van der Waals surface area contributed by atoms with E-state index in [4.69, 9.17) is 4.74 Å². The minimum atomic E-state index is -3.76. The Hall–Kier alpha value is -3.07. The lowest BCUT2D eigenvalue weighted by Gasteiger charge is -2.32. The first-order valence-electron chi connectivity index (χ1n) is 11.6. The molecule has 0 radical (unpaired) electrons. The van der Waals surface area contributed by atoms with Gasteiger partial charge >= 0.3 is 0 Å². The third-order valence-corrected chi connectivity index (χ3v) is 6.78. The van der Waals surface area contributed by atoms with Crippen LogP contribution in [0.1, 0.15) is 51.7 Å². The van der Waals surface area contributed by atoms with E-state index in [0.717, 1.165) is 21.7 Å². The van der Waals surface area contributed by atoms with Crippen LogP contribution < -0.4 is 14.4 Å². The maximum absolute atomic E-state index is 13.5. The third kappa shape index (κ3) is 7.99. The van der Waals surface area contributed by atoms with Gasteiger partial charge in [-0.25, -0.2) is 8.42 Å². The number of ether oxygens (including phenoxy) is 1. The van der Waals surface area contributed by atoms with Gasteiger partial charge in [-0.15, -0.1) is 0 Å². The van der Waals surface area contributed by atoms with Crippen LogP contribution in [-0.2, 0) is 26.2 Å². The molecule has 0 bridgehead atoms. The molecule has 2 rings (SSSR count). The number of sulfonamides is 1. The summed E-state index contributed by atoms with van der Waals surface area (Å²) in [4.78, 5) is 27.7. The fraction of sp³-hybridized carbons (Fsp3) is 0.462. The summed E-state index contributed by atoms with van der Waals surface area (Å²) in [5.74, 6) is 0.169. The Balaban J connectivity index is 2.38. The largest absolute Gasteiger partial charge is 0.497 e. The molecule has 0 saturated carbocycles. The highest BCUT2D eigenvalue weighted by Gasteiger charge is 2.30. The van der Waals surface area contributed by atoms with Crippen LogP contribution in [0.5, 0.6) is 5.75 Å². The highest BCUT2D eigenvalue weighted by Crippen LogP contribution is 2.23. The number of benzene rings is 2. The fourth-order valence-corrected chi connectivity index (χ4v) is 4.40. The number of hydrogen-bond donors (Lipinski definition) is 1. The van der Waals surface area contributed by atoms with Gasteiger partial charge in [0.2, 0.25) is 21.8 Å². The second kappa shape index (κ2) is 12.1. The van der Waals surface area contributed by atoms with Crippen molar-refractivity contribution in [1.82, 2.24) is 10.2 Å². The van der Waals surface area contributed by atoms with Gasteiger partial charge < -0.3 is 15.0 Å². The highest BCUT2D eigenvalue weighted by molar-refractivity contribution is 7.92.